The first-order valence-electron chi connectivity index (χ1n) is 8.41. The number of hydrogen-bond acceptors (Lipinski definition) is 4. The van der Waals surface area contributed by atoms with E-state index >= 15 is 0 Å². The van der Waals surface area contributed by atoms with E-state index in [-0.39, 0.29) is 35.9 Å². The fraction of sp³-hybridized carbons (Fsp3) is 0.750. The van der Waals surface area contributed by atoms with Gasteiger partial charge in [0.2, 0.25) is 0 Å². The second-order valence-corrected chi connectivity index (χ2v) is 7.21. The quantitative estimate of drug-likeness (QED) is 0.318. The van der Waals surface area contributed by atoms with Gasteiger partial charge in [0.15, 0.2) is 11.7 Å². The molecule has 26 heavy (non-hydrogen) atoms. The number of aliphatic imine (C=N–C) groups is 1. The Bertz CT molecular complexity index is 576. The Balaban J connectivity index is 0.00000338. The number of halogens is 4. The van der Waals surface area contributed by atoms with Gasteiger partial charge < -0.3 is 15.4 Å². The summed E-state index contributed by atoms with van der Waals surface area (Å²) in [5, 5.41) is 7.82. The molecule has 0 aromatic carbocycles. The Labute approximate surface area is 173 Å². The molecule has 2 rings (SSSR count). The predicted octanol–water partition coefficient (Wildman–Crippen LogP) is 4.04. The minimum absolute atomic E-state index is 0. The second kappa shape index (κ2) is 10.6. The topological polar surface area (TPSA) is 58.5 Å². The van der Waals surface area contributed by atoms with Gasteiger partial charge in [0.25, 0.3) is 0 Å². The van der Waals surface area contributed by atoms with Crippen molar-refractivity contribution in [3.63, 3.8) is 0 Å². The first-order chi connectivity index (χ1) is 11.9. The SMILES string of the molecule is CCNC(=NCc1nc(C(F)(F)F)cs1)NCC1(CCOC)CCC1.I. The van der Waals surface area contributed by atoms with Crippen molar-refractivity contribution in [2.24, 2.45) is 10.4 Å². The zero-order chi connectivity index (χ0) is 18.3. The van der Waals surface area contributed by atoms with Gasteiger partial charge in [-0.05, 0) is 31.6 Å². The minimum atomic E-state index is -4.40. The molecule has 0 atom stereocenters. The number of aromatic nitrogens is 1. The second-order valence-electron chi connectivity index (χ2n) is 6.27. The van der Waals surface area contributed by atoms with E-state index in [0.717, 1.165) is 49.1 Å². The van der Waals surface area contributed by atoms with Gasteiger partial charge in [-0.3, -0.25) is 0 Å². The van der Waals surface area contributed by atoms with Crippen LogP contribution >= 0.6 is 35.3 Å². The first-order valence-corrected chi connectivity index (χ1v) is 9.29. The molecule has 10 heteroatoms. The van der Waals surface area contributed by atoms with Crippen LogP contribution in [0.4, 0.5) is 13.2 Å². The van der Waals surface area contributed by atoms with Gasteiger partial charge in [0.1, 0.15) is 5.01 Å². The van der Waals surface area contributed by atoms with Crippen molar-refractivity contribution in [3.05, 3.63) is 16.1 Å². The first kappa shape index (κ1) is 23.4. The van der Waals surface area contributed by atoms with Crippen molar-refractivity contribution < 1.29 is 17.9 Å². The van der Waals surface area contributed by atoms with E-state index in [2.05, 4.69) is 20.6 Å². The zero-order valence-electron chi connectivity index (χ0n) is 15.0. The molecule has 0 amide bonds. The van der Waals surface area contributed by atoms with Gasteiger partial charge in [-0.15, -0.1) is 35.3 Å². The molecule has 150 valence electrons. The van der Waals surface area contributed by atoms with Crippen LogP contribution in [0.5, 0.6) is 0 Å². The Hall–Kier alpha value is -0.620. The maximum Gasteiger partial charge on any atom is 0.434 e. The van der Waals surface area contributed by atoms with E-state index in [4.69, 9.17) is 4.74 Å². The van der Waals surface area contributed by atoms with E-state index in [1.54, 1.807) is 7.11 Å². The number of alkyl halides is 3. The molecular formula is C16H26F3IN4OS. The number of nitrogens with zero attached hydrogens (tertiary/aromatic N) is 2. The number of nitrogens with one attached hydrogen (secondary N) is 2. The molecule has 1 aliphatic rings. The summed E-state index contributed by atoms with van der Waals surface area (Å²) in [5.74, 6) is 0.606. The molecule has 2 N–H and O–H groups in total. The molecule has 5 nitrogen and oxygen atoms in total. The van der Waals surface area contributed by atoms with Crippen LogP contribution < -0.4 is 10.6 Å². The lowest BCUT2D eigenvalue weighted by Crippen LogP contribution is -2.46. The molecule has 1 saturated carbocycles. The van der Waals surface area contributed by atoms with Crippen molar-refractivity contribution in [3.8, 4) is 0 Å². The molecule has 1 aliphatic carbocycles. The minimum Gasteiger partial charge on any atom is -0.385 e. The van der Waals surface area contributed by atoms with Gasteiger partial charge >= 0.3 is 6.18 Å². The number of ether oxygens (including phenoxy) is 1. The highest BCUT2D eigenvalue weighted by Gasteiger charge is 2.36. The van der Waals surface area contributed by atoms with Gasteiger partial charge in [0, 0.05) is 32.2 Å². The van der Waals surface area contributed by atoms with E-state index in [0.29, 0.717) is 17.5 Å². The number of rotatable bonds is 8. The predicted molar refractivity (Wildman–Crippen MR) is 108 cm³/mol. The molecule has 0 aliphatic heterocycles. The fourth-order valence-electron chi connectivity index (χ4n) is 2.78. The highest BCUT2D eigenvalue weighted by Crippen LogP contribution is 2.43. The van der Waals surface area contributed by atoms with Crippen molar-refractivity contribution in [2.75, 3.05) is 26.8 Å². The summed E-state index contributed by atoms with van der Waals surface area (Å²) in [6, 6.07) is 0. The van der Waals surface area contributed by atoms with Crippen LogP contribution in [0.2, 0.25) is 0 Å². The fourth-order valence-corrected chi connectivity index (χ4v) is 3.51. The van der Waals surface area contributed by atoms with Crippen molar-refractivity contribution in [2.45, 2.75) is 45.3 Å². The van der Waals surface area contributed by atoms with Gasteiger partial charge in [0.05, 0.1) is 6.54 Å². The van der Waals surface area contributed by atoms with E-state index in [1.165, 1.54) is 6.42 Å². The Morgan fingerprint density at radius 2 is 2.12 bits per heavy atom. The summed E-state index contributed by atoms with van der Waals surface area (Å²) in [6.45, 7) is 4.28. The molecule has 0 spiro atoms. The Kier molecular flexibility index (Phi) is 9.59. The maximum atomic E-state index is 12.6. The molecule has 0 radical (unpaired) electrons. The largest absolute Gasteiger partial charge is 0.434 e. The Morgan fingerprint density at radius 3 is 2.62 bits per heavy atom. The number of hydrogen-bond donors (Lipinski definition) is 2. The van der Waals surface area contributed by atoms with E-state index in [9.17, 15) is 13.2 Å². The summed E-state index contributed by atoms with van der Waals surface area (Å²) in [4.78, 5) is 7.97. The lowest BCUT2D eigenvalue weighted by molar-refractivity contribution is -0.140. The molecule has 1 fully saturated rings. The van der Waals surface area contributed by atoms with Crippen LogP contribution in [0.15, 0.2) is 10.4 Å². The molecule has 1 aromatic rings. The summed E-state index contributed by atoms with van der Waals surface area (Å²) in [7, 11) is 1.70. The van der Waals surface area contributed by atoms with Gasteiger partial charge in [-0.1, -0.05) is 6.42 Å². The van der Waals surface area contributed by atoms with Crippen molar-refractivity contribution >= 4 is 41.3 Å². The van der Waals surface area contributed by atoms with Gasteiger partial charge in [-0.2, -0.15) is 13.2 Å². The van der Waals surface area contributed by atoms with Crippen LogP contribution in [0, 0.1) is 5.41 Å². The molecular weight excluding hydrogens is 480 g/mol. The zero-order valence-corrected chi connectivity index (χ0v) is 18.1. The van der Waals surface area contributed by atoms with E-state index < -0.39 is 11.9 Å². The summed E-state index contributed by atoms with van der Waals surface area (Å²) >= 11 is 0.977. The van der Waals surface area contributed by atoms with Crippen molar-refractivity contribution in [1.82, 2.24) is 15.6 Å². The molecule has 1 heterocycles. The third-order valence-corrected chi connectivity index (χ3v) is 5.27. The average Bonchev–Trinajstić information content (AvgIpc) is 3.00. The van der Waals surface area contributed by atoms with Crippen molar-refractivity contribution in [1.29, 1.82) is 0 Å². The van der Waals surface area contributed by atoms with Crippen LogP contribution in [0.25, 0.3) is 0 Å². The highest BCUT2D eigenvalue weighted by molar-refractivity contribution is 14.0. The van der Waals surface area contributed by atoms with Crippen LogP contribution in [0.3, 0.4) is 0 Å². The number of guanidine groups is 1. The highest BCUT2D eigenvalue weighted by atomic mass is 127. The molecule has 1 aromatic heterocycles. The van der Waals surface area contributed by atoms with Crippen LogP contribution in [-0.4, -0.2) is 37.7 Å². The summed E-state index contributed by atoms with van der Waals surface area (Å²) < 4.78 is 43.0. The lowest BCUT2D eigenvalue weighted by Gasteiger charge is -2.42. The van der Waals surface area contributed by atoms with Gasteiger partial charge in [-0.25, -0.2) is 9.98 Å². The monoisotopic (exact) mass is 506 g/mol. The molecule has 0 saturated heterocycles. The number of methoxy groups -OCH3 is 1. The molecule has 0 bridgehead atoms. The van der Waals surface area contributed by atoms with Crippen LogP contribution in [-0.2, 0) is 17.5 Å². The average molecular weight is 506 g/mol. The summed E-state index contributed by atoms with van der Waals surface area (Å²) in [5.41, 5.74) is -0.620. The number of thiazole rings is 1. The molecule has 0 unspecified atom stereocenters. The third kappa shape index (κ3) is 6.84. The van der Waals surface area contributed by atoms with E-state index in [1.807, 2.05) is 6.92 Å². The summed E-state index contributed by atoms with van der Waals surface area (Å²) in [6.07, 6.45) is 0.128. The third-order valence-electron chi connectivity index (χ3n) is 4.44. The lowest BCUT2D eigenvalue weighted by atomic mass is 9.67. The standard InChI is InChI=1S/C16H25F3N4OS.HI/c1-3-20-14(22-11-15(5-4-6-15)7-8-24-2)21-9-13-23-12(10-25-13)16(17,18)19;/h10H,3-9,11H2,1-2H3,(H2,20,21,22);1H. The van der Waals surface area contributed by atoms with Crippen LogP contribution in [0.1, 0.15) is 43.3 Å². The maximum absolute atomic E-state index is 12.6. The smallest absolute Gasteiger partial charge is 0.385 e. The Morgan fingerprint density at radius 1 is 1.38 bits per heavy atom. The normalized spacial score (nSPS) is 16.6.